The molecule has 0 aromatic heterocycles. The molecule has 0 fully saturated rings. The van der Waals surface area contributed by atoms with Crippen LogP contribution in [0.1, 0.15) is 0 Å². The van der Waals surface area contributed by atoms with E-state index < -0.39 is 20.2 Å². The first-order chi connectivity index (χ1) is 8.95. The van der Waals surface area contributed by atoms with Crippen molar-refractivity contribution in [1.29, 1.82) is 0 Å². The normalized spacial score (nSPS) is 14.5. The fourth-order valence-electron chi connectivity index (χ4n) is 2.26. The van der Waals surface area contributed by atoms with Crippen molar-refractivity contribution in [2.75, 3.05) is 0 Å². The maximum atomic E-state index is 2.36. The first-order valence-corrected chi connectivity index (χ1v) is 10.2. The van der Waals surface area contributed by atoms with Crippen molar-refractivity contribution in [3.8, 4) is 0 Å². The molecule has 0 bridgehead atoms. The SMILES string of the molecule is C1=C[CH]([Sb]([c]2ccccc2)[c]2ccccc2)C=C1. The van der Waals surface area contributed by atoms with Crippen molar-refractivity contribution in [3.63, 3.8) is 0 Å². The Labute approximate surface area is 116 Å². The molecule has 0 nitrogen and oxygen atoms in total. The molecule has 0 unspecified atom stereocenters. The fourth-order valence-corrected chi connectivity index (χ4v) is 9.44. The van der Waals surface area contributed by atoms with Crippen LogP contribution in [0.4, 0.5) is 0 Å². The standard InChI is InChI=1S/2C6H5.C5H5.Sb/c2*1-2-4-6-5-3-1;1-2-4-5-3-1;/h2*1-5H;1-5H;. The van der Waals surface area contributed by atoms with Gasteiger partial charge < -0.3 is 0 Å². The average Bonchev–Trinajstić information content (AvgIpc) is 2.95. The summed E-state index contributed by atoms with van der Waals surface area (Å²) in [4.78, 5) is 0. The number of allylic oxidation sites excluding steroid dienone is 4. The number of hydrogen-bond acceptors (Lipinski definition) is 0. The van der Waals surface area contributed by atoms with E-state index in [9.17, 15) is 0 Å². The molecule has 2 aromatic rings. The number of benzene rings is 2. The zero-order valence-electron chi connectivity index (χ0n) is 10.1. The van der Waals surface area contributed by atoms with Crippen molar-refractivity contribution < 1.29 is 0 Å². The van der Waals surface area contributed by atoms with E-state index in [0.717, 1.165) is 0 Å². The topological polar surface area (TPSA) is 0 Å². The van der Waals surface area contributed by atoms with Crippen LogP contribution in [0, 0.1) is 0 Å². The number of rotatable bonds is 3. The van der Waals surface area contributed by atoms with E-state index in [1.54, 1.807) is 7.02 Å². The summed E-state index contributed by atoms with van der Waals surface area (Å²) in [5.74, 6) is 0. The Morgan fingerprint density at radius 1 is 0.611 bits per heavy atom. The van der Waals surface area contributed by atoms with E-state index in [-0.39, 0.29) is 0 Å². The van der Waals surface area contributed by atoms with E-state index in [0.29, 0.717) is 3.86 Å². The van der Waals surface area contributed by atoms with E-state index in [2.05, 4.69) is 85.0 Å². The van der Waals surface area contributed by atoms with E-state index in [1.807, 2.05) is 0 Å². The van der Waals surface area contributed by atoms with E-state index >= 15 is 0 Å². The van der Waals surface area contributed by atoms with E-state index in [4.69, 9.17) is 0 Å². The minimum absolute atomic E-state index is 0.651. The van der Waals surface area contributed by atoms with Gasteiger partial charge in [-0.15, -0.1) is 0 Å². The van der Waals surface area contributed by atoms with Crippen LogP contribution < -0.4 is 7.02 Å². The third-order valence-corrected chi connectivity index (χ3v) is 10.7. The molecule has 88 valence electrons. The van der Waals surface area contributed by atoms with Crippen LogP contribution >= 0.6 is 0 Å². The Balaban J connectivity index is 2.04. The van der Waals surface area contributed by atoms with Gasteiger partial charge in [-0.2, -0.15) is 0 Å². The Bertz CT molecular complexity index is 503. The Hall–Kier alpha value is -1.26. The van der Waals surface area contributed by atoms with Crippen molar-refractivity contribution >= 4 is 27.2 Å². The van der Waals surface area contributed by atoms with Gasteiger partial charge in [0.25, 0.3) is 0 Å². The summed E-state index contributed by atoms with van der Waals surface area (Å²) in [6.07, 6.45) is 9.10. The van der Waals surface area contributed by atoms with Gasteiger partial charge >= 0.3 is 116 Å². The summed E-state index contributed by atoms with van der Waals surface area (Å²) >= 11 is -1.69. The van der Waals surface area contributed by atoms with E-state index in [1.165, 1.54) is 0 Å². The first-order valence-electron chi connectivity index (χ1n) is 6.19. The van der Waals surface area contributed by atoms with Gasteiger partial charge in [-0.05, 0) is 0 Å². The third kappa shape index (κ3) is 2.44. The second-order valence-electron chi connectivity index (χ2n) is 4.30. The summed E-state index contributed by atoms with van der Waals surface area (Å²) < 4.78 is 3.78. The van der Waals surface area contributed by atoms with Crippen LogP contribution in [0.2, 0.25) is 3.86 Å². The molecule has 0 radical (unpaired) electrons. The van der Waals surface area contributed by atoms with Crippen molar-refractivity contribution in [2.24, 2.45) is 0 Å². The van der Waals surface area contributed by atoms with Crippen molar-refractivity contribution in [2.45, 2.75) is 3.86 Å². The molecule has 1 aliphatic carbocycles. The molecule has 0 atom stereocenters. The van der Waals surface area contributed by atoms with Gasteiger partial charge in [0.15, 0.2) is 0 Å². The molecular formula is C17H15Sb. The molecule has 0 amide bonds. The second-order valence-corrected chi connectivity index (χ2v) is 11.1. The molecule has 0 aliphatic heterocycles. The quantitative estimate of drug-likeness (QED) is 0.754. The van der Waals surface area contributed by atoms with Crippen LogP contribution in [-0.4, -0.2) is 20.2 Å². The van der Waals surface area contributed by atoms with Gasteiger partial charge in [0.1, 0.15) is 0 Å². The van der Waals surface area contributed by atoms with Gasteiger partial charge in [0, 0.05) is 0 Å². The minimum atomic E-state index is -1.69. The molecule has 0 saturated carbocycles. The molecule has 0 spiro atoms. The maximum absolute atomic E-state index is 2.36. The molecule has 1 heteroatoms. The zero-order chi connectivity index (χ0) is 12.2. The van der Waals surface area contributed by atoms with Crippen LogP contribution in [0.3, 0.4) is 0 Å². The predicted octanol–water partition coefficient (Wildman–Crippen LogP) is 2.79. The summed E-state index contributed by atoms with van der Waals surface area (Å²) in [7, 11) is 0. The summed E-state index contributed by atoms with van der Waals surface area (Å²) in [6.45, 7) is 0. The molecular weight excluding hydrogens is 326 g/mol. The first kappa shape index (κ1) is 11.8. The van der Waals surface area contributed by atoms with Gasteiger partial charge in [0.05, 0.1) is 0 Å². The molecule has 3 rings (SSSR count). The van der Waals surface area contributed by atoms with Gasteiger partial charge in [-0.1, -0.05) is 0 Å². The number of hydrogen-bond donors (Lipinski definition) is 0. The van der Waals surface area contributed by atoms with Crippen LogP contribution in [-0.2, 0) is 0 Å². The Morgan fingerprint density at radius 2 is 1.06 bits per heavy atom. The molecule has 2 aromatic carbocycles. The third-order valence-electron chi connectivity index (χ3n) is 3.09. The molecule has 0 saturated heterocycles. The van der Waals surface area contributed by atoms with Gasteiger partial charge in [-0.3, -0.25) is 0 Å². The fraction of sp³-hybridized carbons (Fsp3) is 0.0588. The zero-order valence-corrected chi connectivity index (χ0v) is 12.7. The van der Waals surface area contributed by atoms with Crippen molar-refractivity contribution in [3.05, 3.63) is 85.0 Å². The molecule has 18 heavy (non-hydrogen) atoms. The molecule has 0 heterocycles. The second kappa shape index (κ2) is 5.59. The van der Waals surface area contributed by atoms with Crippen LogP contribution in [0.5, 0.6) is 0 Å². The van der Waals surface area contributed by atoms with Crippen LogP contribution in [0.25, 0.3) is 0 Å². The monoisotopic (exact) mass is 340 g/mol. The Morgan fingerprint density at radius 3 is 1.50 bits per heavy atom. The molecule has 0 N–H and O–H groups in total. The average molecular weight is 341 g/mol. The molecule has 1 aliphatic rings. The van der Waals surface area contributed by atoms with Crippen LogP contribution in [0.15, 0.2) is 85.0 Å². The Kier molecular flexibility index (Phi) is 3.66. The summed E-state index contributed by atoms with van der Waals surface area (Å²) in [5.41, 5.74) is 0. The van der Waals surface area contributed by atoms with Gasteiger partial charge in [-0.25, -0.2) is 0 Å². The summed E-state index contributed by atoms with van der Waals surface area (Å²) in [6, 6.07) is 22.1. The summed E-state index contributed by atoms with van der Waals surface area (Å²) in [5, 5.41) is 0. The predicted molar refractivity (Wildman–Crippen MR) is 79.9 cm³/mol. The van der Waals surface area contributed by atoms with Gasteiger partial charge in [0.2, 0.25) is 0 Å². The van der Waals surface area contributed by atoms with Crippen molar-refractivity contribution in [1.82, 2.24) is 0 Å².